The van der Waals surface area contributed by atoms with Crippen molar-refractivity contribution in [2.24, 2.45) is 34.5 Å². The van der Waals surface area contributed by atoms with Crippen molar-refractivity contribution in [1.82, 2.24) is 0 Å². The van der Waals surface area contributed by atoms with Gasteiger partial charge in [0.05, 0.1) is 12.7 Å². The summed E-state index contributed by atoms with van der Waals surface area (Å²) in [5.41, 5.74) is 0.528. The molecular formula is C25H36O6. The van der Waals surface area contributed by atoms with Gasteiger partial charge in [-0.1, -0.05) is 19.4 Å². The van der Waals surface area contributed by atoms with Gasteiger partial charge in [-0.05, 0) is 79.6 Å². The first-order chi connectivity index (χ1) is 14.7. The lowest BCUT2D eigenvalue weighted by Crippen LogP contribution is -2.59. The van der Waals surface area contributed by atoms with Gasteiger partial charge in [-0.3, -0.25) is 14.4 Å². The molecule has 2 saturated carbocycles. The number of cyclic esters (lactones) is 1. The predicted molar refractivity (Wildman–Crippen MR) is 114 cm³/mol. The van der Waals surface area contributed by atoms with E-state index in [2.05, 4.69) is 13.8 Å². The number of hydrogen-bond donors (Lipinski definition) is 2. The molecule has 0 radical (unpaired) electrons. The second-order valence-corrected chi connectivity index (χ2v) is 10.7. The molecule has 6 nitrogen and oxygen atoms in total. The lowest BCUT2D eigenvalue weighted by atomic mass is 9.43. The molecule has 7 unspecified atom stereocenters. The van der Waals surface area contributed by atoms with Crippen LogP contribution in [-0.4, -0.2) is 47.1 Å². The van der Waals surface area contributed by atoms with Crippen LogP contribution >= 0.6 is 0 Å². The fourth-order valence-electron chi connectivity index (χ4n) is 7.80. The van der Waals surface area contributed by atoms with E-state index in [1.165, 1.54) is 5.57 Å². The Bertz CT molecular complexity index is 787. The Kier molecular flexibility index (Phi) is 6.16. The van der Waals surface area contributed by atoms with Crippen LogP contribution in [-0.2, 0) is 19.1 Å². The van der Waals surface area contributed by atoms with Crippen LogP contribution in [0.1, 0.15) is 71.6 Å². The Morgan fingerprint density at radius 3 is 2.68 bits per heavy atom. The lowest BCUT2D eigenvalue weighted by Gasteiger charge is -2.62. The van der Waals surface area contributed by atoms with Crippen LogP contribution in [0, 0.1) is 34.5 Å². The number of esters is 1. The van der Waals surface area contributed by atoms with Crippen molar-refractivity contribution in [2.45, 2.75) is 77.7 Å². The Morgan fingerprint density at radius 1 is 1.16 bits per heavy atom. The predicted octanol–water partition coefficient (Wildman–Crippen LogP) is 2.99. The zero-order valence-electron chi connectivity index (χ0n) is 18.8. The minimum atomic E-state index is -0.572. The summed E-state index contributed by atoms with van der Waals surface area (Å²) in [6.45, 7) is 4.16. The molecule has 3 fully saturated rings. The van der Waals surface area contributed by atoms with Crippen molar-refractivity contribution in [1.29, 1.82) is 0 Å². The Balaban J connectivity index is 1.74. The molecule has 1 saturated heterocycles. The molecule has 6 heteroatoms. The van der Waals surface area contributed by atoms with E-state index in [1.807, 2.05) is 6.08 Å². The van der Waals surface area contributed by atoms with E-state index < -0.39 is 24.0 Å². The quantitative estimate of drug-likeness (QED) is 0.651. The number of carbonyl (C=O) groups excluding carboxylic acids is 3. The Labute approximate surface area is 184 Å². The first kappa shape index (κ1) is 22.7. The Hall–Kier alpha value is -1.53. The molecule has 7 atom stereocenters. The molecule has 2 N–H and O–H groups in total. The van der Waals surface area contributed by atoms with E-state index in [-0.39, 0.29) is 47.1 Å². The highest BCUT2D eigenvalue weighted by molar-refractivity contribution is 5.91. The van der Waals surface area contributed by atoms with E-state index in [4.69, 9.17) is 4.74 Å². The topological polar surface area (TPSA) is 101 Å². The first-order valence-electron chi connectivity index (χ1n) is 11.9. The number of hydrogen-bond acceptors (Lipinski definition) is 6. The summed E-state index contributed by atoms with van der Waals surface area (Å²) >= 11 is 0. The number of allylic oxidation sites excluding steroid dienone is 2. The van der Waals surface area contributed by atoms with Crippen molar-refractivity contribution in [3.05, 3.63) is 11.6 Å². The standard InChI is InChI=1S/C25H36O6/c1-24-10-9-16(27)12-15(24)5-6-17-18-4-3-11-31-22(30)8-7-19(21(29)14-26)25(18,2)13-20(28)23(17)24/h12,17-20,23,26,28H,3-11,13-14H2,1-2H3. The van der Waals surface area contributed by atoms with Gasteiger partial charge in [0.15, 0.2) is 11.6 Å². The van der Waals surface area contributed by atoms with E-state index in [1.54, 1.807) is 0 Å². The molecule has 3 aliphatic carbocycles. The zero-order chi connectivity index (χ0) is 22.4. The van der Waals surface area contributed by atoms with Gasteiger partial charge in [0, 0.05) is 18.8 Å². The van der Waals surface area contributed by atoms with E-state index in [0.29, 0.717) is 25.9 Å². The summed E-state index contributed by atoms with van der Waals surface area (Å²) in [4.78, 5) is 37.0. The summed E-state index contributed by atoms with van der Waals surface area (Å²) in [7, 11) is 0. The Morgan fingerprint density at radius 2 is 1.94 bits per heavy atom. The van der Waals surface area contributed by atoms with Gasteiger partial charge in [0.25, 0.3) is 0 Å². The van der Waals surface area contributed by atoms with Gasteiger partial charge in [-0.25, -0.2) is 0 Å². The molecule has 0 amide bonds. The molecule has 0 spiro atoms. The number of aliphatic hydroxyl groups excluding tert-OH is 2. The molecule has 1 heterocycles. The average Bonchev–Trinajstić information content (AvgIpc) is 2.72. The van der Waals surface area contributed by atoms with Crippen molar-refractivity contribution in [3.63, 3.8) is 0 Å². The second-order valence-electron chi connectivity index (χ2n) is 10.7. The number of fused-ring (bicyclic) bond motifs is 5. The van der Waals surface area contributed by atoms with Crippen molar-refractivity contribution in [2.75, 3.05) is 13.2 Å². The summed E-state index contributed by atoms with van der Waals surface area (Å²) in [5, 5.41) is 21.2. The van der Waals surface area contributed by atoms with E-state index in [0.717, 1.165) is 32.1 Å². The van der Waals surface area contributed by atoms with Gasteiger partial charge < -0.3 is 14.9 Å². The largest absolute Gasteiger partial charge is 0.466 e. The highest BCUT2D eigenvalue weighted by Gasteiger charge is 2.60. The molecule has 4 rings (SSSR count). The van der Waals surface area contributed by atoms with Gasteiger partial charge in [0.2, 0.25) is 0 Å². The number of Topliss-reactive ketones (excluding diaryl/α,β-unsaturated/α-hetero) is 1. The summed E-state index contributed by atoms with van der Waals surface area (Å²) < 4.78 is 5.36. The van der Waals surface area contributed by atoms with Crippen molar-refractivity contribution >= 4 is 17.5 Å². The third kappa shape index (κ3) is 3.80. The third-order valence-electron chi connectivity index (χ3n) is 9.23. The molecule has 172 valence electrons. The monoisotopic (exact) mass is 432 g/mol. The van der Waals surface area contributed by atoms with Gasteiger partial charge in [-0.2, -0.15) is 0 Å². The summed E-state index contributed by atoms with van der Waals surface area (Å²) in [6.07, 6.45) is 6.89. The third-order valence-corrected chi connectivity index (χ3v) is 9.23. The summed E-state index contributed by atoms with van der Waals surface area (Å²) in [6, 6.07) is 0. The number of aliphatic hydroxyl groups is 2. The minimum Gasteiger partial charge on any atom is -0.466 e. The number of ether oxygens (including phenoxy) is 1. The van der Waals surface area contributed by atoms with Gasteiger partial charge in [0.1, 0.15) is 6.61 Å². The maximum atomic E-state index is 12.9. The van der Waals surface area contributed by atoms with Crippen molar-refractivity contribution in [3.8, 4) is 0 Å². The molecular weight excluding hydrogens is 396 g/mol. The van der Waals surface area contributed by atoms with E-state index >= 15 is 0 Å². The number of rotatable bonds is 2. The minimum absolute atomic E-state index is 0.0639. The van der Waals surface area contributed by atoms with Crippen LogP contribution in [0.2, 0.25) is 0 Å². The van der Waals surface area contributed by atoms with Crippen LogP contribution in [0.5, 0.6) is 0 Å². The van der Waals surface area contributed by atoms with Crippen molar-refractivity contribution < 1.29 is 29.3 Å². The SMILES string of the molecule is CC12CCC(=O)C=C1CCC1C2C(O)CC2(C)C(C(=O)CO)CCC(=O)OCCCC12. The molecule has 4 aliphatic rings. The molecule has 1 aliphatic heterocycles. The smallest absolute Gasteiger partial charge is 0.305 e. The molecule has 0 aromatic carbocycles. The number of carbonyl (C=O) groups is 3. The molecule has 0 aromatic heterocycles. The van der Waals surface area contributed by atoms with Gasteiger partial charge in [-0.15, -0.1) is 0 Å². The van der Waals surface area contributed by atoms with Crippen LogP contribution in [0.3, 0.4) is 0 Å². The first-order valence-corrected chi connectivity index (χ1v) is 11.9. The average molecular weight is 433 g/mol. The van der Waals surface area contributed by atoms with Crippen LogP contribution in [0.15, 0.2) is 11.6 Å². The molecule has 0 aromatic rings. The second kappa shape index (κ2) is 8.43. The van der Waals surface area contributed by atoms with Gasteiger partial charge >= 0.3 is 5.97 Å². The van der Waals surface area contributed by atoms with E-state index in [9.17, 15) is 24.6 Å². The fraction of sp³-hybridized carbons (Fsp3) is 0.800. The molecule has 0 bridgehead atoms. The number of ketones is 2. The maximum absolute atomic E-state index is 12.9. The zero-order valence-corrected chi connectivity index (χ0v) is 18.8. The molecule has 31 heavy (non-hydrogen) atoms. The van der Waals surface area contributed by atoms with Crippen LogP contribution in [0.4, 0.5) is 0 Å². The fourth-order valence-corrected chi connectivity index (χ4v) is 7.80. The summed E-state index contributed by atoms with van der Waals surface area (Å²) in [5.74, 6) is -0.302. The normalized spacial score (nSPS) is 43.6. The maximum Gasteiger partial charge on any atom is 0.305 e. The van der Waals surface area contributed by atoms with Crippen LogP contribution in [0.25, 0.3) is 0 Å². The van der Waals surface area contributed by atoms with Crippen LogP contribution < -0.4 is 0 Å². The highest BCUT2D eigenvalue weighted by Crippen LogP contribution is 2.64. The lowest BCUT2D eigenvalue weighted by molar-refractivity contribution is -0.165. The highest BCUT2D eigenvalue weighted by atomic mass is 16.5.